The summed E-state index contributed by atoms with van der Waals surface area (Å²) in [5.41, 5.74) is 6.99. The third kappa shape index (κ3) is 9.40. The predicted octanol–water partition coefficient (Wildman–Crippen LogP) is 2.92. The number of nitrogens with two attached hydrogens (primary N) is 1. The molecule has 0 spiro atoms. The van der Waals surface area contributed by atoms with E-state index in [2.05, 4.69) is 4.90 Å². The van der Waals surface area contributed by atoms with Crippen molar-refractivity contribution in [1.29, 1.82) is 0 Å². The normalized spacial score (nSPS) is 15.7. The molecule has 4 N–H and O–H groups in total. The minimum absolute atomic E-state index is 0.209. The second-order valence-corrected chi connectivity index (χ2v) is 9.62. The van der Waals surface area contributed by atoms with Crippen molar-refractivity contribution in [3.63, 3.8) is 0 Å². The van der Waals surface area contributed by atoms with E-state index in [9.17, 15) is 0 Å². The molecule has 1 saturated heterocycles. The fourth-order valence-corrected chi connectivity index (χ4v) is 3.94. The Bertz CT molecular complexity index is 1040. The van der Waals surface area contributed by atoms with Gasteiger partial charge < -0.3 is 39.6 Å². The first-order valence-corrected chi connectivity index (χ1v) is 12.5. The smallest absolute Gasteiger partial charge is 0.414 e. The lowest BCUT2D eigenvalue weighted by Gasteiger charge is -2.27. The van der Waals surface area contributed by atoms with Crippen molar-refractivity contribution in [3.8, 4) is 23.0 Å². The van der Waals surface area contributed by atoms with Crippen molar-refractivity contribution < 1.29 is 43.5 Å². The molecule has 1 unspecified atom stereocenters. The molecule has 0 radical (unpaired) electrons. The van der Waals surface area contributed by atoms with Gasteiger partial charge in [-0.3, -0.25) is 4.90 Å². The van der Waals surface area contributed by atoms with Gasteiger partial charge in [0.2, 0.25) is 12.5 Å². The zero-order valence-electron chi connectivity index (χ0n) is 21.8. The standard InChI is InChI=1S/C25H34N2O5.C2H2O4/c1-25(2,26)17-23(32-22-6-3-5-21-24(22)31-18-30-21)19-7-9-20(10-8-19)29-14-4-11-27-12-15-28-16-13-27;3-1(4)2(5)6/h3,5-10,23H,4,11-18,26H2,1-2H3;(H,3,4)(H,5,6). The highest BCUT2D eigenvalue weighted by molar-refractivity contribution is 6.27. The molecule has 38 heavy (non-hydrogen) atoms. The molecule has 0 aliphatic carbocycles. The zero-order chi connectivity index (χ0) is 27.5. The van der Waals surface area contributed by atoms with Crippen LogP contribution in [0.1, 0.15) is 38.4 Å². The van der Waals surface area contributed by atoms with Gasteiger partial charge in [0.15, 0.2) is 11.5 Å². The van der Waals surface area contributed by atoms with Crippen molar-refractivity contribution in [3.05, 3.63) is 48.0 Å². The lowest BCUT2D eigenvalue weighted by Crippen LogP contribution is -2.37. The highest BCUT2D eigenvalue weighted by Gasteiger charge is 2.26. The summed E-state index contributed by atoms with van der Waals surface area (Å²) in [5, 5.41) is 14.8. The summed E-state index contributed by atoms with van der Waals surface area (Å²) >= 11 is 0. The molecule has 0 amide bonds. The topological polar surface area (TPSA) is 150 Å². The van der Waals surface area contributed by atoms with Crippen LogP contribution in [0, 0.1) is 0 Å². The SMILES string of the molecule is CC(C)(N)CC(Oc1cccc2c1OCO2)c1ccc(OCCCN2CCOCC2)cc1.O=C(O)C(=O)O. The van der Waals surface area contributed by atoms with Crippen LogP contribution >= 0.6 is 0 Å². The van der Waals surface area contributed by atoms with E-state index in [0.29, 0.717) is 30.3 Å². The van der Waals surface area contributed by atoms with Crippen molar-refractivity contribution in [2.24, 2.45) is 5.73 Å². The second kappa shape index (κ2) is 13.8. The molecule has 4 rings (SSSR count). The van der Waals surface area contributed by atoms with Crippen LogP contribution in [0.2, 0.25) is 0 Å². The number of carboxylic acid groups (broad SMARTS) is 2. The van der Waals surface area contributed by atoms with E-state index in [1.807, 2.05) is 56.3 Å². The number of morpholine rings is 1. The van der Waals surface area contributed by atoms with Gasteiger partial charge in [-0.25, -0.2) is 9.59 Å². The largest absolute Gasteiger partial charge is 0.494 e. The van der Waals surface area contributed by atoms with Crippen LogP contribution in [-0.4, -0.2) is 78.8 Å². The van der Waals surface area contributed by atoms with Gasteiger partial charge in [-0.05, 0) is 50.1 Å². The highest BCUT2D eigenvalue weighted by Crippen LogP contribution is 2.43. The Labute approximate surface area is 222 Å². The third-order valence-corrected chi connectivity index (χ3v) is 5.77. The average molecular weight is 533 g/mol. The van der Waals surface area contributed by atoms with Crippen molar-refractivity contribution in [1.82, 2.24) is 4.90 Å². The first-order valence-electron chi connectivity index (χ1n) is 12.5. The number of ether oxygens (including phenoxy) is 5. The van der Waals surface area contributed by atoms with Gasteiger partial charge in [-0.1, -0.05) is 18.2 Å². The van der Waals surface area contributed by atoms with Crippen molar-refractivity contribution in [2.75, 3.05) is 46.2 Å². The molecule has 1 fully saturated rings. The second-order valence-electron chi connectivity index (χ2n) is 9.62. The number of rotatable bonds is 10. The molecule has 2 aromatic carbocycles. The lowest BCUT2D eigenvalue weighted by molar-refractivity contribution is -0.159. The van der Waals surface area contributed by atoms with Crippen molar-refractivity contribution >= 4 is 11.9 Å². The van der Waals surface area contributed by atoms with E-state index in [-0.39, 0.29) is 12.9 Å². The van der Waals surface area contributed by atoms with Gasteiger partial charge in [0.05, 0.1) is 19.8 Å². The summed E-state index contributed by atoms with van der Waals surface area (Å²) in [5.74, 6) is -0.775. The fourth-order valence-electron chi connectivity index (χ4n) is 3.94. The maximum absolute atomic E-state index is 9.10. The molecule has 2 heterocycles. The Morgan fingerprint density at radius 2 is 1.74 bits per heavy atom. The van der Waals surface area contributed by atoms with E-state index in [4.69, 9.17) is 49.2 Å². The maximum atomic E-state index is 9.10. The number of fused-ring (bicyclic) bond motifs is 1. The Morgan fingerprint density at radius 1 is 1.05 bits per heavy atom. The Balaban J connectivity index is 0.000000599. The molecule has 0 aromatic heterocycles. The maximum Gasteiger partial charge on any atom is 0.414 e. The molecule has 208 valence electrons. The molecule has 2 aromatic rings. The molecular formula is C27H36N2O9. The lowest BCUT2D eigenvalue weighted by atomic mass is 9.93. The van der Waals surface area contributed by atoms with E-state index in [1.165, 1.54) is 0 Å². The number of hydrogen-bond donors (Lipinski definition) is 3. The van der Waals surface area contributed by atoms with E-state index < -0.39 is 17.5 Å². The number of hydrogen-bond acceptors (Lipinski definition) is 9. The number of benzene rings is 2. The zero-order valence-corrected chi connectivity index (χ0v) is 21.8. The monoisotopic (exact) mass is 532 g/mol. The van der Waals surface area contributed by atoms with Gasteiger partial charge >= 0.3 is 11.9 Å². The first kappa shape index (κ1) is 29.0. The molecular weight excluding hydrogens is 496 g/mol. The van der Waals surface area contributed by atoms with Gasteiger partial charge in [-0.2, -0.15) is 0 Å². The predicted molar refractivity (Wildman–Crippen MR) is 138 cm³/mol. The van der Waals surface area contributed by atoms with Crippen LogP contribution in [0.4, 0.5) is 0 Å². The van der Waals surface area contributed by atoms with Crippen LogP contribution in [0.3, 0.4) is 0 Å². The summed E-state index contributed by atoms with van der Waals surface area (Å²) in [6.45, 7) is 9.63. The van der Waals surface area contributed by atoms with Gasteiger partial charge in [0.25, 0.3) is 0 Å². The van der Waals surface area contributed by atoms with Crippen LogP contribution in [0.15, 0.2) is 42.5 Å². The molecule has 2 aliphatic rings. The van der Waals surface area contributed by atoms with Gasteiger partial charge in [0.1, 0.15) is 11.9 Å². The quantitative estimate of drug-likeness (QED) is 0.306. The summed E-state index contributed by atoms with van der Waals surface area (Å²) in [7, 11) is 0. The first-order chi connectivity index (χ1) is 18.1. The molecule has 11 heteroatoms. The minimum atomic E-state index is -1.82. The number of carbonyl (C=O) groups is 2. The fraction of sp³-hybridized carbons (Fsp3) is 0.481. The van der Waals surface area contributed by atoms with E-state index >= 15 is 0 Å². The van der Waals surface area contributed by atoms with Gasteiger partial charge in [0, 0.05) is 31.6 Å². The molecule has 2 aliphatic heterocycles. The van der Waals surface area contributed by atoms with E-state index in [0.717, 1.165) is 50.6 Å². The summed E-state index contributed by atoms with van der Waals surface area (Å²) in [6, 6.07) is 13.8. The highest BCUT2D eigenvalue weighted by atomic mass is 16.7. The Morgan fingerprint density at radius 3 is 2.37 bits per heavy atom. The summed E-state index contributed by atoms with van der Waals surface area (Å²) in [4.78, 5) is 20.6. The molecule has 11 nitrogen and oxygen atoms in total. The van der Waals surface area contributed by atoms with E-state index in [1.54, 1.807) is 0 Å². The minimum Gasteiger partial charge on any atom is -0.494 e. The van der Waals surface area contributed by atoms with Gasteiger partial charge in [-0.15, -0.1) is 0 Å². The number of carboxylic acids is 2. The molecule has 0 saturated carbocycles. The number of para-hydroxylation sites is 1. The van der Waals surface area contributed by atoms with Crippen molar-refractivity contribution in [2.45, 2.75) is 38.3 Å². The number of nitrogens with zero attached hydrogens (tertiary/aromatic N) is 1. The molecule has 0 bridgehead atoms. The van der Waals surface area contributed by atoms with Crippen LogP contribution in [0.25, 0.3) is 0 Å². The Kier molecular flexibility index (Phi) is 10.6. The average Bonchev–Trinajstić information content (AvgIpc) is 3.37. The number of aliphatic carboxylic acids is 2. The van der Waals surface area contributed by atoms with Crippen LogP contribution in [0.5, 0.6) is 23.0 Å². The Hall–Kier alpha value is -3.54. The van der Waals surface area contributed by atoms with Crippen LogP contribution < -0.4 is 24.7 Å². The van der Waals surface area contributed by atoms with Crippen LogP contribution in [-0.2, 0) is 14.3 Å². The molecule has 1 atom stereocenters. The third-order valence-electron chi connectivity index (χ3n) is 5.77. The summed E-state index contributed by atoms with van der Waals surface area (Å²) in [6.07, 6.45) is 1.42. The summed E-state index contributed by atoms with van der Waals surface area (Å²) < 4.78 is 28.8.